The Labute approximate surface area is 133 Å². The quantitative estimate of drug-likeness (QED) is 0.496. The molecular formula is C16H26O5S. The van der Waals surface area contributed by atoms with Crippen LogP contribution in [0.5, 0.6) is 5.75 Å². The summed E-state index contributed by atoms with van der Waals surface area (Å²) in [5, 5.41) is 0. The molecule has 5 nitrogen and oxygen atoms in total. The molecule has 126 valence electrons. The van der Waals surface area contributed by atoms with Crippen molar-refractivity contribution in [3.05, 3.63) is 24.3 Å². The second kappa shape index (κ2) is 9.82. The smallest absolute Gasteiger partial charge is 0.294 e. The Hall–Kier alpha value is -1.11. The van der Waals surface area contributed by atoms with Gasteiger partial charge in [0, 0.05) is 6.61 Å². The van der Waals surface area contributed by atoms with Crippen molar-refractivity contribution in [3.8, 4) is 5.75 Å². The lowest BCUT2D eigenvalue weighted by atomic mass is 10.0. The van der Waals surface area contributed by atoms with Gasteiger partial charge in [0.1, 0.15) is 12.4 Å². The van der Waals surface area contributed by atoms with Crippen LogP contribution in [-0.4, -0.2) is 32.8 Å². The standard InChI is InChI=1S/C16H26O5S/c1-3-5-6-14(4-2)13-20-11-12-21-15-7-9-16(10-8-15)22(17,18)19/h7-10,14H,3-6,11-13H2,1-2H3,(H,17,18,19). The van der Waals surface area contributed by atoms with E-state index in [9.17, 15) is 8.42 Å². The maximum atomic E-state index is 10.9. The van der Waals surface area contributed by atoms with E-state index in [1.807, 2.05) is 0 Å². The molecule has 0 saturated carbocycles. The molecule has 1 N–H and O–H groups in total. The van der Waals surface area contributed by atoms with Gasteiger partial charge in [0.25, 0.3) is 10.1 Å². The first-order valence-corrected chi connectivity index (χ1v) is 9.19. The van der Waals surface area contributed by atoms with Crippen LogP contribution in [0.25, 0.3) is 0 Å². The maximum Gasteiger partial charge on any atom is 0.294 e. The molecule has 1 atom stereocenters. The van der Waals surface area contributed by atoms with E-state index in [1.54, 1.807) is 0 Å². The van der Waals surface area contributed by atoms with E-state index in [0.29, 0.717) is 24.9 Å². The van der Waals surface area contributed by atoms with Gasteiger partial charge < -0.3 is 9.47 Å². The molecule has 0 radical (unpaired) electrons. The Morgan fingerprint density at radius 1 is 1.14 bits per heavy atom. The molecule has 0 aliphatic heterocycles. The molecule has 0 aliphatic carbocycles. The molecule has 22 heavy (non-hydrogen) atoms. The average molecular weight is 330 g/mol. The Balaban J connectivity index is 2.24. The van der Waals surface area contributed by atoms with E-state index in [4.69, 9.17) is 14.0 Å². The third-order valence-electron chi connectivity index (χ3n) is 3.51. The van der Waals surface area contributed by atoms with E-state index in [2.05, 4.69) is 13.8 Å². The molecular weight excluding hydrogens is 304 g/mol. The van der Waals surface area contributed by atoms with E-state index in [-0.39, 0.29) is 4.90 Å². The third-order valence-corrected chi connectivity index (χ3v) is 4.38. The minimum atomic E-state index is -4.15. The highest BCUT2D eigenvalue weighted by molar-refractivity contribution is 7.85. The van der Waals surface area contributed by atoms with Crippen molar-refractivity contribution >= 4 is 10.1 Å². The van der Waals surface area contributed by atoms with Crippen molar-refractivity contribution in [3.63, 3.8) is 0 Å². The second-order valence-electron chi connectivity index (χ2n) is 5.29. The number of benzene rings is 1. The predicted molar refractivity (Wildman–Crippen MR) is 85.9 cm³/mol. The Kier molecular flexibility index (Phi) is 8.45. The monoisotopic (exact) mass is 330 g/mol. The molecule has 0 aliphatic rings. The molecule has 0 aromatic heterocycles. The highest BCUT2D eigenvalue weighted by Crippen LogP contribution is 2.16. The van der Waals surface area contributed by atoms with Gasteiger partial charge in [-0.3, -0.25) is 4.55 Å². The molecule has 1 rings (SSSR count). The molecule has 0 saturated heterocycles. The summed E-state index contributed by atoms with van der Waals surface area (Å²) in [5.74, 6) is 1.16. The molecule has 6 heteroatoms. The van der Waals surface area contributed by atoms with Gasteiger partial charge >= 0.3 is 0 Å². The van der Waals surface area contributed by atoms with E-state index in [0.717, 1.165) is 13.0 Å². The molecule has 0 spiro atoms. The van der Waals surface area contributed by atoms with Gasteiger partial charge in [0.05, 0.1) is 11.5 Å². The van der Waals surface area contributed by atoms with Crippen LogP contribution >= 0.6 is 0 Å². The van der Waals surface area contributed by atoms with Crippen LogP contribution in [0.15, 0.2) is 29.2 Å². The fourth-order valence-electron chi connectivity index (χ4n) is 2.07. The van der Waals surface area contributed by atoms with E-state index < -0.39 is 10.1 Å². The molecule has 1 unspecified atom stereocenters. The maximum absolute atomic E-state index is 10.9. The van der Waals surface area contributed by atoms with E-state index >= 15 is 0 Å². The first kappa shape index (κ1) is 18.9. The number of rotatable bonds is 11. The molecule has 0 fully saturated rings. The zero-order valence-corrected chi connectivity index (χ0v) is 14.1. The Bertz CT molecular complexity index is 510. The fraction of sp³-hybridized carbons (Fsp3) is 0.625. The van der Waals surface area contributed by atoms with Gasteiger partial charge in [0.15, 0.2) is 0 Å². The lowest BCUT2D eigenvalue weighted by Gasteiger charge is -2.14. The number of hydrogen-bond acceptors (Lipinski definition) is 4. The predicted octanol–water partition coefficient (Wildman–Crippen LogP) is 3.55. The first-order valence-electron chi connectivity index (χ1n) is 7.75. The minimum Gasteiger partial charge on any atom is -0.491 e. The molecule has 0 heterocycles. The number of unbranched alkanes of at least 4 members (excludes halogenated alkanes) is 1. The summed E-state index contributed by atoms with van der Waals surface area (Å²) in [5.41, 5.74) is 0. The van der Waals surface area contributed by atoms with Gasteiger partial charge in [-0.1, -0.05) is 33.1 Å². The summed E-state index contributed by atoms with van der Waals surface area (Å²) in [6, 6.07) is 5.64. The summed E-state index contributed by atoms with van der Waals surface area (Å²) in [7, 11) is -4.15. The zero-order valence-electron chi connectivity index (χ0n) is 13.3. The van der Waals surface area contributed by atoms with Crippen LogP contribution in [0.3, 0.4) is 0 Å². The number of ether oxygens (including phenoxy) is 2. The Morgan fingerprint density at radius 3 is 2.36 bits per heavy atom. The zero-order chi connectivity index (χ0) is 16.4. The number of hydrogen-bond donors (Lipinski definition) is 1. The van der Waals surface area contributed by atoms with Crippen molar-refractivity contribution in [2.24, 2.45) is 5.92 Å². The van der Waals surface area contributed by atoms with Crippen molar-refractivity contribution in [2.45, 2.75) is 44.4 Å². The minimum absolute atomic E-state index is 0.141. The van der Waals surface area contributed by atoms with Crippen molar-refractivity contribution in [2.75, 3.05) is 19.8 Å². The van der Waals surface area contributed by atoms with Gasteiger partial charge in [-0.05, 0) is 36.6 Å². The highest BCUT2D eigenvalue weighted by Gasteiger charge is 2.09. The largest absolute Gasteiger partial charge is 0.491 e. The summed E-state index contributed by atoms with van der Waals surface area (Å²) >= 11 is 0. The topological polar surface area (TPSA) is 72.8 Å². The molecule has 0 bridgehead atoms. The van der Waals surface area contributed by atoms with Crippen LogP contribution in [0.1, 0.15) is 39.5 Å². The van der Waals surface area contributed by atoms with Crippen LogP contribution in [0.4, 0.5) is 0 Å². The lowest BCUT2D eigenvalue weighted by Crippen LogP contribution is -2.13. The summed E-state index contributed by atoms with van der Waals surface area (Å²) in [6.07, 6.45) is 4.76. The highest BCUT2D eigenvalue weighted by atomic mass is 32.2. The van der Waals surface area contributed by atoms with Crippen LogP contribution in [0.2, 0.25) is 0 Å². The van der Waals surface area contributed by atoms with Crippen LogP contribution in [-0.2, 0) is 14.9 Å². The molecule has 1 aromatic carbocycles. The summed E-state index contributed by atoms with van der Waals surface area (Å²) < 4.78 is 41.8. The lowest BCUT2D eigenvalue weighted by molar-refractivity contribution is 0.0699. The van der Waals surface area contributed by atoms with Crippen LogP contribution in [0, 0.1) is 5.92 Å². The Morgan fingerprint density at radius 2 is 1.82 bits per heavy atom. The summed E-state index contributed by atoms with van der Waals surface area (Å²) in [6.45, 7) is 6.03. The first-order chi connectivity index (χ1) is 10.5. The average Bonchev–Trinajstić information content (AvgIpc) is 2.49. The fourth-order valence-corrected chi connectivity index (χ4v) is 2.55. The van der Waals surface area contributed by atoms with Crippen LogP contribution < -0.4 is 4.74 Å². The summed E-state index contributed by atoms with van der Waals surface area (Å²) in [4.78, 5) is -0.141. The molecule has 1 aromatic rings. The third kappa shape index (κ3) is 7.24. The van der Waals surface area contributed by atoms with Crippen molar-refractivity contribution in [1.82, 2.24) is 0 Å². The SMILES string of the molecule is CCCCC(CC)COCCOc1ccc(S(=O)(=O)O)cc1. The van der Waals surface area contributed by atoms with Crippen molar-refractivity contribution < 1.29 is 22.4 Å². The van der Waals surface area contributed by atoms with Gasteiger partial charge in [-0.2, -0.15) is 8.42 Å². The van der Waals surface area contributed by atoms with Gasteiger partial charge in [-0.15, -0.1) is 0 Å². The second-order valence-corrected chi connectivity index (χ2v) is 6.71. The van der Waals surface area contributed by atoms with Gasteiger partial charge in [-0.25, -0.2) is 0 Å². The normalized spacial score (nSPS) is 13.0. The molecule has 0 amide bonds. The van der Waals surface area contributed by atoms with E-state index in [1.165, 1.54) is 43.5 Å². The van der Waals surface area contributed by atoms with Crippen molar-refractivity contribution in [1.29, 1.82) is 0 Å². The van der Waals surface area contributed by atoms with Gasteiger partial charge in [0.2, 0.25) is 0 Å².